The van der Waals surface area contributed by atoms with Crippen LogP contribution in [0.4, 0.5) is 4.39 Å². The molecule has 2 rings (SSSR count). The van der Waals surface area contributed by atoms with E-state index in [0.717, 1.165) is 11.1 Å². The number of halogens is 1. The lowest BCUT2D eigenvalue weighted by Gasteiger charge is -2.27. The molecule has 0 aliphatic rings. The van der Waals surface area contributed by atoms with Gasteiger partial charge in [0.05, 0.1) is 12.1 Å². The van der Waals surface area contributed by atoms with E-state index in [0.29, 0.717) is 11.5 Å². The molecule has 0 spiro atoms. The summed E-state index contributed by atoms with van der Waals surface area (Å²) in [5, 5.41) is 3.99. The summed E-state index contributed by atoms with van der Waals surface area (Å²) >= 11 is 0. The van der Waals surface area contributed by atoms with Gasteiger partial charge in [-0.2, -0.15) is 0 Å². The van der Waals surface area contributed by atoms with E-state index in [-0.39, 0.29) is 18.0 Å². The predicted octanol–water partition coefficient (Wildman–Crippen LogP) is 3.50. The van der Waals surface area contributed by atoms with Crippen molar-refractivity contribution in [1.29, 1.82) is 0 Å². The van der Waals surface area contributed by atoms with Crippen molar-refractivity contribution >= 4 is 11.0 Å². The predicted molar refractivity (Wildman–Crippen MR) is 73.6 cm³/mol. The molecule has 0 amide bonds. The van der Waals surface area contributed by atoms with E-state index < -0.39 is 0 Å². The molecule has 1 aromatic carbocycles. The van der Waals surface area contributed by atoms with Gasteiger partial charge >= 0.3 is 0 Å². The summed E-state index contributed by atoms with van der Waals surface area (Å²) in [7, 11) is 3.56. The third-order valence-corrected chi connectivity index (χ3v) is 3.37. The SMILES string of the molecule is CNC(c1cc2cc(F)ccc2o1)C(OC)C(C)C. The second kappa shape index (κ2) is 5.72. The molecule has 1 aromatic heterocycles. The van der Waals surface area contributed by atoms with E-state index in [1.807, 2.05) is 13.1 Å². The number of fused-ring (bicyclic) bond motifs is 1. The molecule has 0 bridgehead atoms. The molecule has 0 aliphatic heterocycles. The number of methoxy groups -OCH3 is 1. The first-order valence-electron chi connectivity index (χ1n) is 6.46. The normalized spacial score (nSPS) is 15.1. The minimum absolute atomic E-state index is 0.00425. The Morgan fingerprint density at radius 2 is 2.00 bits per heavy atom. The van der Waals surface area contributed by atoms with Crippen LogP contribution < -0.4 is 5.32 Å². The number of benzene rings is 1. The molecule has 1 N–H and O–H groups in total. The van der Waals surface area contributed by atoms with Gasteiger partial charge in [-0.05, 0) is 37.2 Å². The van der Waals surface area contributed by atoms with Crippen molar-refractivity contribution in [2.75, 3.05) is 14.2 Å². The van der Waals surface area contributed by atoms with Crippen molar-refractivity contribution in [3.63, 3.8) is 0 Å². The maximum Gasteiger partial charge on any atom is 0.134 e. The van der Waals surface area contributed by atoms with Crippen molar-refractivity contribution in [2.45, 2.75) is 26.0 Å². The van der Waals surface area contributed by atoms with Gasteiger partial charge in [0.2, 0.25) is 0 Å². The highest BCUT2D eigenvalue weighted by atomic mass is 19.1. The van der Waals surface area contributed by atoms with E-state index >= 15 is 0 Å². The fraction of sp³-hybridized carbons (Fsp3) is 0.467. The number of ether oxygens (including phenoxy) is 1. The zero-order chi connectivity index (χ0) is 14.0. The number of rotatable bonds is 5. The van der Waals surface area contributed by atoms with Gasteiger partial charge in [-0.1, -0.05) is 13.8 Å². The Bertz CT molecular complexity index is 550. The molecule has 0 fully saturated rings. The van der Waals surface area contributed by atoms with Crippen LogP contribution in [0.5, 0.6) is 0 Å². The molecule has 0 saturated carbocycles. The third-order valence-electron chi connectivity index (χ3n) is 3.37. The average molecular weight is 265 g/mol. The van der Waals surface area contributed by atoms with Gasteiger partial charge < -0.3 is 14.5 Å². The standard InChI is InChI=1S/C15H20FNO2/c1-9(2)15(18-4)14(17-3)13-8-10-7-11(16)5-6-12(10)19-13/h5-9,14-15,17H,1-4H3. The first-order valence-corrected chi connectivity index (χ1v) is 6.46. The fourth-order valence-corrected chi connectivity index (χ4v) is 2.45. The summed E-state index contributed by atoms with van der Waals surface area (Å²) in [5.74, 6) is 0.851. The minimum Gasteiger partial charge on any atom is -0.459 e. The lowest BCUT2D eigenvalue weighted by atomic mass is 9.97. The van der Waals surface area contributed by atoms with Crippen molar-refractivity contribution in [1.82, 2.24) is 5.32 Å². The molecule has 19 heavy (non-hydrogen) atoms. The molecule has 0 aliphatic carbocycles. The summed E-state index contributed by atoms with van der Waals surface area (Å²) in [6, 6.07) is 6.35. The van der Waals surface area contributed by atoms with Gasteiger partial charge in [0.1, 0.15) is 17.2 Å². The maximum atomic E-state index is 13.2. The third kappa shape index (κ3) is 2.80. The van der Waals surface area contributed by atoms with E-state index in [4.69, 9.17) is 9.15 Å². The van der Waals surface area contributed by atoms with Crippen LogP contribution in [0, 0.1) is 11.7 Å². The van der Waals surface area contributed by atoms with E-state index in [9.17, 15) is 4.39 Å². The van der Waals surface area contributed by atoms with Crippen LogP contribution in [0.15, 0.2) is 28.7 Å². The Hall–Kier alpha value is -1.39. The Morgan fingerprint density at radius 3 is 2.58 bits per heavy atom. The molecule has 3 nitrogen and oxygen atoms in total. The van der Waals surface area contributed by atoms with Gasteiger partial charge in [0.15, 0.2) is 0 Å². The van der Waals surface area contributed by atoms with Crippen LogP contribution in [0.25, 0.3) is 11.0 Å². The zero-order valence-electron chi connectivity index (χ0n) is 11.7. The van der Waals surface area contributed by atoms with Gasteiger partial charge in [-0.15, -0.1) is 0 Å². The number of likely N-dealkylation sites (N-methyl/N-ethyl adjacent to an activating group) is 1. The topological polar surface area (TPSA) is 34.4 Å². The maximum absolute atomic E-state index is 13.2. The second-order valence-electron chi connectivity index (χ2n) is 5.04. The number of hydrogen-bond donors (Lipinski definition) is 1. The Morgan fingerprint density at radius 1 is 1.26 bits per heavy atom. The highest BCUT2D eigenvalue weighted by Gasteiger charge is 2.27. The summed E-state index contributed by atoms with van der Waals surface area (Å²) in [6.45, 7) is 4.20. The smallest absolute Gasteiger partial charge is 0.134 e. The van der Waals surface area contributed by atoms with E-state index in [2.05, 4.69) is 19.2 Å². The summed E-state index contributed by atoms with van der Waals surface area (Å²) in [5.41, 5.74) is 0.690. The van der Waals surface area contributed by atoms with Crippen molar-refractivity contribution in [2.24, 2.45) is 5.92 Å². The van der Waals surface area contributed by atoms with Crippen molar-refractivity contribution in [3.8, 4) is 0 Å². The lowest BCUT2D eigenvalue weighted by Crippen LogP contribution is -2.34. The summed E-state index contributed by atoms with van der Waals surface area (Å²) in [4.78, 5) is 0. The first kappa shape index (κ1) is 14.0. The molecule has 4 heteroatoms. The highest BCUT2D eigenvalue weighted by Crippen LogP contribution is 2.29. The van der Waals surface area contributed by atoms with Crippen LogP contribution in [0.1, 0.15) is 25.6 Å². The van der Waals surface area contributed by atoms with E-state index in [1.165, 1.54) is 12.1 Å². The fourth-order valence-electron chi connectivity index (χ4n) is 2.45. The largest absolute Gasteiger partial charge is 0.459 e. The Balaban J connectivity index is 2.40. The second-order valence-corrected chi connectivity index (χ2v) is 5.04. The van der Waals surface area contributed by atoms with Gasteiger partial charge in [-0.25, -0.2) is 4.39 Å². The summed E-state index contributed by atoms with van der Waals surface area (Å²) < 4.78 is 24.5. The number of furan rings is 1. The molecule has 2 atom stereocenters. The number of hydrogen-bond acceptors (Lipinski definition) is 3. The molecule has 1 heterocycles. The van der Waals surface area contributed by atoms with E-state index in [1.54, 1.807) is 13.2 Å². The van der Waals surface area contributed by atoms with Crippen LogP contribution in [0.2, 0.25) is 0 Å². The lowest BCUT2D eigenvalue weighted by molar-refractivity contribution is 0.0292. The van der Waals surface area contributed by atoms with Crippen LogP contribution in [-0.4, -0.2) is 20.3 Å². The molecular formula is C15H20FNO2. The molecule has 0 saturated heterocycles. The quantitative estimate of drug-likeness (QED) is 0.898. The van der Waals surface area contributed by atoms with Gasteiger partial charge in [0.25, 0.3) is 0 Å². The molecule has 104 valence electrons. The van der Waals surface area contributed by atoms with Crippen LogP contribution in [0.3, 0.4) is 0 Å². The van der Waals surface area contributed by atoms with Crippen molar-refractivity contribution < 1.29 is 13.5 Å². The van der Waals surface area contributed by atoms with Gasteiger partial charge in [0, 0.05) is 12.5 Å². The first-order chi connectivity index (χ1) is 9.06. The van der Waals surface area contributed by atoms with Crippen molar-refractivity contribution in [3.05, 3.63) is 35.8 Å². The molecule has 0 radical (unpaired) electrons. The minimum atomic E-state index is -0.256. The Kier molecular flexibility index (Phi) is 4.22. The molecular weight excluding hydrogens is 245 g/mol. The molecule has 2 unspecified atom stereocenters. The zero-order valence-corrected chi connectivity index (χ0v) is 11.7. The molecule has 2 aromatic rings. The van der Waals surface area contributed by atoms with Gasteiger partial charge in [-0.3, -0.25) is 0 Å². The number of nitrogens with one attached hydrogen (secondary N) is 1. The Labute approximate surface area is 112 Å². The van der Waals surface area contributed by atoms with Crippen LogP contribution >= 0.6 is 0 Å². The average Bonchev–Trinajstić information content (AvgIpc) is 2.77. The van der Waals surface area contributed by atoms with Crippen LogP contribution in [-0.2, 0) is 4.74 Å². The monoisotopic (exact) mass is 265 g/mol. The highest BCUT2D eigenvalue weighted by molar-refractivity contribution is 5.78. The summed E-state index contributed by atoms with van der Waals surface area (Å²) in [6.07, 6.45) is -0.00425.